The van der Waals surface area contributed by atoms with E-state index >= 15 is 0 Å². The van der Waals surface area contributed by atoms with Gasteiger partial charge in [0.15, 0.2) is 5.82 Å². The summed E-state index contributed by atoms with van der Waals surface area (Å²) in [6, 6.07) is 2.77. The lowest BCUT2D eigenvalue weighted by atomic mass is 10.2. The number of nitro benzene ring substituents is 1. The molecule has 2 aromatic rings. The van der Waals surface area contributed by atoms with E-state index in [0.29, 0.717) is 6.07 Å². The van der Waals surface area contributed by atoms with E-state index in [9.17, 15) is 19.3 Å². The number of carbonyl (C=O) groups is 1. The van der Waals surface area contributed by atoms with Gasteiger partial charge in [0.25, 0.3) is 11.6 Å². The van der Waals surface area contributed by atoms with Gasteiger partial charge in [0, 0.05) is 6.07 Å². The standard InChI is InChI=1S/C9H7FN6O3/c10-7-3-5(16(18)19)1-2-6(7)9(17)11-4-8-12-14-15-13-8/h1-3H,4H2,(H,11,17)(H,12,13,14,15). The number of aromatic nitrogens is 4. The van der Waals surface area contributed by atoms with Gasteiger partial charge >= 0.3 is 0 Å². The number of amides is 1. The molecule has 10 heteroatoms. The Kier molecular flexibility index (Phi) is 3.41. The summed E-state index contributed by atoms with van der Waals surface area (Å²) in [5, 5.41) is 25.5. The summed E-state index contributed by atoms with van der Waals surface area (Å²) in [4.78, 5) is 21.3. The average molecular weight is 266 g/mol. The van der Waals surface area contributed by atoms with Crippen LogP contribution in [0.1, 0.15) is 16.2 Å². The van der Waals surface area contributed by atoms with Crippen molar-refractivity contribution in [1.29, 1.82) is 0 Å². The van der Waals surface area contributed by atoms with E-state index in [1.54, 1.807) is 0 Å². The molecule has 0 unspecified atom stereocenters. The third-order valence-corrected chi connectivity index (χ3v) is 2.20. The first-order valence-corrected chi connectivity index (χ1v) is 5.02. The minimum atomic E-state index is -0.972. The van der Waals surface area contributed by atoms with E-state index in [1.165, 1.54) is 0 Å². The van der Waals surface area contributed by atoms with Crippen molar-refractivity contribution in [3.05, 3.63) is 45.5 Å². The molecule has 0 saturated carbocycles. The van der Waals surface area contributed by atoms with Crippen molar-refractivity contribution in [3.63, 3.8) is 0 Å². The Labute approximate surface area is 105 Å². The van der Waals surface area contributed by atoms with Gasteiger partial charge in [-0.15, -0.1) is 10.2 Å². The Hall–Kier alpha value is -2.91. The number of tetrazole rings is 1. The molecule has 0 aliphatic heterocycles. The van der Waals surface area contributed by atoms with Crippen LogP contribution in [0.2, 0.25) is 0 Å². The third kappa shape index (κ3) is 2.86. The lowest BCUT2D eigenvalue weighted by Gasteiger charge is -2.03. The van der Waals surface area contributed by atoms with Gasteiger partial charge in [-0.1, -0.05) is 5.21 Å². The zero-order valence-electron chi connectivity index (χ0n) is 9.33. The summed E-state index contributed by atoms with van der Waals surface area (Å²) in [5.41, 5.74) is -0.721. The zero-order chi connectivity index (χ0) is 13.8. The van der Waals surface area contributed by atoms with E-state index in [4.69, 9.17) is 0 Å². The second kappa shape index (κ2) is 5.16. The summed E-state index contributed by atoms with van der Waals surface area (Å²) in [6.07, 6.45) is 0. The van der Waals surface area contributed by atoms with Crippen molar-refractivity contribution in [2.75, 3.05) is 0 Å². The van der Waals surface area contributed by atoms with Crippen molar-refractivity contribution in [2.24, 2.45) is 0 Å². The van der Waals surface area contributed by atoms with Gasteiger partial charge in [0.2, 0.25) is 0 Å². The summed E-state index contributed by atoms with van der Waals surface area (Å²) in [5.74, 6) is -1.47. The Morgan fingerprint density at radius 1 is 1.53 bits per heavy atom. The van der Waals surface area contributed by atoms with Gasteiger partial charge in [-0.25, -0.2) is 4.39 Å². The first-order valence-electron chi connectivity index (χ1n) is 5.02. The molecule has 0 aliphatic carbocycles. The topological polar surface area (TPSA) is 127 Å². The Morgan fingerprint density at radius 2 is 2.32 bits per heavy atom. The van der Waals surface area contributed by atoms with Crippen LogP contribution in [0.25, 0.3) is 0 Å². The quantitative estimate of drug-likeness (QED) is 0.600. The number of aromatic amines is 1. The van der Waals surface area contributed by atoms with Crippen LogP contribution in [0.4, 0.5) is 10.1 Å². The molecule has 0 atom stereocenters. The number of halogens is 1. The molecule has 9 nitrogen and oxygen atoms in total. The van der Waals surface area contributed by atoms with Crippen molar-refractivity contribution in [2.45, 2.75) is 6.54 Å². The number of hydrogen-bond donors (Lipinski definition) is 2. The van der Waals surface area contributed by atoms with Gasteiger partial charge in [-0.05, 0) is 6.07 Å². The van der Waals surface area contributed by atoms with Crippen molar-refractivity contribution >= 4 is 11.6 Å². The number of nitrogens with one attached hydrogen (secondary N) is 2. The third-order valence-electron chi connectivity index (χ3n) is 2.20. The number of hydrogen-bond acceptors (Lipinski definition) is 6. The average Bonchev–Trinajstić information content (AvgIpc) is 2.88. The molecule has 98 valence electrons. The highest BCUT2D eigenvalue weighted by molar-refractivity contribution is 5.94. The second-order valence-electron chi connectivity index (χ2n) is 3.43. The van der Waals surface area contributed by atoms with Crippen molar-refractivity contribution in [1.82, 2.24) is 25.9 Å². The van der Waals surface area contributed by atoms with Crippen LogP contribution in [0.15, 0.2) is 18.2 Å². The van der Waals surface area contributed by atoms with Gasteiger partial charge in [-0.2, -0.15) is 5.21 Å². The molecule has 0 spiro atoms. The Balaban J connectivity index is 2.09. The highest BCUT2D eigenvalue weighted by Gasteiger charge is 2.16. The lowest BCUT2D eigenvalue weighted by Crippen LogP contribution is -2.24. The second-order valence-corrected chi connectivity index (χ2v) is 3.43. The summed E-state index contributed by atoms with van der Waals surface area (Å²) >= 11 is 0. The molecule has 2 N–H and O–H groups in total. The fraction of sp³-hybridized carbons (Fsp3) is 0.111. The Bertz CT molecular complexity index is 614. The molecule has 0 saturated heterocycles. The van der Waals surface area contributed by atoms with Crippen LogP contribution in [0, 0.1) is 15.9 Å². The molecule has 19 heavy (non-hydrogen) atoms. The van der Waals surface area contributed by atoms with E-state index in [0.717, 1.165) is 12.1 Å². The molecule has 2 rings (SSSR count). The molecular formula is C9H7FN6O3. The molecule has 1 aromatic heterocycles. The summed E-state index contributed by atoms with van der Waals surface area (Å²) in [6.45, 7) is -0.0360. The maximum absolute atomic E-state index is 13.5. The lowest BCUT2D eigenvalue weighted by molar-refractivity contribution is -0.385. The minimum absolute atomic E-state index is 0.0360. The number of carbonyl (C=O) groups excluding carboxylic acids is 1. The zero-order valence-corrected chi connectivity index (χ0v) is 9.33. The fourth-order valence-electron chi connectivity index (χ4n) is 1.31. The van der Waals surface area contributed by atoms with Crippen LogP contribution in [-0.2, 0) is 6.54 Å². The number of rotatable bonds is 4. The monoisotopic (exact) mass is 266 g/mol. The van der Waals surface area contributed by atoms with Crippen LogP contribution < -0.4 is 5.32 Å². The minimum Gasteiger partial charge on any atom is -0.344 e. The Morgan fingerprint density at radius 3 is 2.89 bits per heavy atom. The number of nitro groups is 1. The first-order chi connectivity index (χ1) is 9.08. The van der Waals surface area contributed by atoms with E-state index in [1.807, 2.05) is 0 Å². The van der Waals surface area contributed by atoms with Gasteiger partial charge in [0.1, 0.15) is 5.82 Å². The molecular weight excluding hydrogens is 259 g/mol. The first kappa shape index (κ1) is 12.5. The van der Waals surface area contributed by atoms with Crippen LogP contribution >= 0.6 is 0 Å². The van der Waals surface area contributed by atoms with Gasteiger partial charge in [0.05, 0.1) is 23.1 Å². The molecule has 0 fully saturated rings. The molecule has 1 aromatic carbocycles. The van der Waals surface area contributed by atoms with Gasteiger partial charge < -0.3 is 5.32 Å². The highest BCUT2D eigenvalue weighted by atomic mass is 19.1. The maximum atomic E-state index is 13.5. The van der Waals surface area contributed by atoms with Crippen LogP contribution in [-0.4, -0.2) is 31.5 Å². The van der Waals surface area contributed by atoms with Gasteiger partial charge in [-0.3, -0.25) is 14.9 Å². The van der Waals surface area contributed by atoms with Crippen LogP contribution in [0.5, 0.6) is 0 Å². The molecule has 1 amide bonds. The number of H-pyrrole nitrogens is 1. The number of benzene rings is 1. The van der Waals surface area contributed by atoms with E-state index in [-0.39, 0.29) is 17.9 Å². The van der Waals surface area contributed by atoms with Crippen molar-refractivity contribution < 1.29 is 14.1 Å². The smallest absolute Gasteiger partial charge is 0.272 e. The molecule has 0 radical (unpaired) electrons. The van der Waals surface area contributed by atoms with E-state index in [2.05, 4.69) is 25.9 Å². The maximum Gasteiger partial charge on any atom is 0.272 e. The number of non-ortho nitro benzene ring substituents is 1. The fourth-order valence-corrected chi connectivity index (χ4v) is 1.31. The summed E-state index contributed by atoms with van der Waals surface area (Å²) in [7, 11) is 0. The summed E-state index contributed by atoms with van der Waals surface area (Å²) < 4.78 is 13.5. The van der Waals surface area contributed by atoms with Crippen LogP contribution in [0.3, 0.4) is 0 Å². The molecule has 0 aliphatic rings. The van der Waals surface area contributed by atoms with Crippen molar-refractivity contribution in [3.8, 4) is 0 Å². The number of nitrogens with zero attached hydrogens (tertiary/aromatic N) is 4. The normalized spacial score (nSPS) is 10.2. The highest BCUT2D eigenvalue weighted by Crippen LogP contribution is 2.16. The predicted octanol–water partition coefficient (Wildman–Crippen LogP) is 0.177. The molecule has 0 bridgehead atoms. The SMILES string of the molecule is O=C(NCc1nn[nH]n1)c1ccc([N+](=O)[O-])cc1F. The predicted molar refractivity (Wildman–Crippen MR) is 58.4 cm³/mol. The molecule has 1 heterocycles. The largest absolute Gasteiger partial charge is 0.344 e. The van der Waals surface area contributed by atoms with E-state index < -0.39 is 22.3 Å².